The first kappa shape index (κ1) is 22.4. The van der Waals surface area contributed by atoms with Crippen LogP contribution in [0.4, 0.5) is 0 Å². The highest BCUT2D eigenvalue weighted by atomic mass is 32.2. The number of nitrogens with zero attached hydrogens (tertiary/aromatic N) is 2. The van der Waals surface area contributed by atoms with Crippen molar-refractivity contribution in [1.29, 1.82) is 0 Å². The van der Waals surface area contributed by atoms with Gasteiger partial charge < -0.3 is 11.1 Å². The molecule has 6 unspecified atom stereocenters. The maximum Gasteiger partial charge on any atom is 0.220 e. The van der Waals surface area contributed by atoms with E-state index in [4.69, 9.17) is 10.6 Å². The lowest BCUT2D eigenvalue weighted by Crippen LogP contribution is -2.57. The van der Waals surface area contributed by atoms with Crippen molar-refractivity contribution in [1.82, 2.24) is 25.9 Å². The highest BCUT2D eigenvalue weighted by Crippen LogP contribution is 2.32. The number of nitrogens with one attached hydrogen (secondary N) is 3. The molecule has 5 aliphatic heterocycles. The third kappa shape index (κ3) is 5.23. The van der Waals surface area contributed by atoms with Crippen LogP contribution in [-0.2, 0) is 9.63 Å². The zero-order valence-corrected chi connectivity index (χ0v) is 19.5. The Hall–Kier alpha value is -0.420. The largest absolute Gasteiger partial charge is 0.369 e. The Bertz CT molecular complexity index is 613. The molecule has 5 aliphatic rings. The fourth-order valence-electron chi connectivity index (χ4n) is 6.28. The van der Waals surface area contributed by atoms with E-state index in [0.717, 1.165) is 50.6 Å². The van der Waals surface area contributed by atoms with E-state index in [1.807, 2.05) is 0 Å². The molecule has 0 aromatic rings. The summed E-state index contributed by atoms with van der Waals surface area (Å²) in [5.41, 5.74) is 8.87. The van der Waals surface area contributed by atoms with Gasteiger partial charge in [0.15, 0.2) is 0 Å². The second kappa shape index (κ2) is 10.2. The monoisotopic (exact) mass is 452 g/mol. The molecule has 5 rings (SSSR count). The van der Waals surface area contributed by atoms with Crippen molar-refractivity contribution in [3.8, 4) is 0 Å². The number of carbonyl (C=O) groups is 1. The number of rotatable bonds is 6. The summed E-state index contributed by atoms with van der Waals surface area (Å²) in [5, 5.41) is 8.33. The lowest BCUT2D eigenvalue weighted by Gasteiger charge is -2.42. The topological polar surface area (TPSA) is 94.9 Å². The summed E-state index contributed by atoms with van der Waals surface area (Å²) < 4.78 is 0. The van der Waals surface area contributed by atoms with Gasteiger partial charge in [-0.3, -0.25) is 24.7 Å². The minimum Gasteiger partial charge on any atom is -0.369 e. The Balaban J connectivity index is 1.11. The molecule has 5 saturated heterocycles. The number of piperidine rings is 2. The molecule has 0 aliphatic carbocycles. The van der Waals surface area contributed by atoms with Crippen LogP contribution in [0.3, 0.4) is 0 Å². The number of likely N-dealkylation sites (tertiary alicyclic amines) is 2. The Morgan fingerprint density at radius 2 is 1.97 bits per heavy atom. The van der Waals surface area contributed by atoms with E-state index < -0.39 is 0 Å². The predicted octanol–water partition coefficient (Wildman–Crippen LogP) is 0.646. The molecule has 8 nitrogen and oxygen atoms in total. The molecule has 0 bridgehead atoms. The molecule has 31 heavy (non-hydrogen) atoms. The number of carbonyl (C=O) groups excluding carboxylic acids is 1. The number of nitrogens with two attached hydrogens (primary N) is 1. The quantitative estimate of drug-likeness (QED) is 0.467. The maximum atomic E-state index is 11.5. The van der Waals surface area contributed by atoms with Crippen LogP contribution in [-0.4, -0.2) is 84.0 Å². The summed E-state index contributed by atoms with van der Waals surface area (Å²) in [4.78, 5) is 22.8. The maximum absolute atomic E-state index is 11.5. The SMILES string of the molecule is NC(=O)C1CCN(C2CC(C3NOC(C4CCCN4CC4CCCS4)N3)CCN2)CC1. The number of primary amides is 1. The van der Waals surface area contributed by atoms with Gasteiger partial charge in [0.05, 0.1) is 18.4 Å². The predicted molar refractivity (Wildman–Crippen MR) is 123 cm³/mol. The standard InChI is InChI=1S/C22H40N6O2S/c23-20(29)15-6-10-27(11-7-15)19-13-16(5-8-24-19)21-25-22(30-26-21)18-4-1-9-28(18)14-17-3-2-12-31-17/h15-19,21-22,24-26H,1-14H2,(H2,23,29). The van der Waals surface area contributed by atoms with Gasteiger partial charge in [-0.25, -0.2) is 0 Å². The smallest absolute Gasteiger partial charge is 0.220 e. The van der Waals surface area contributed by atoms with Crippen LogP contribution in [0.15, 0.2) is 0 Å². The van der Waals surface area contributed by atoms with E-state index >= 15 is 0 Å². The van der Waals surface area contributed by atoms with Crippen LogP contribution in [0.5, 0.6) is 0 Å². The first-order valence-corrected chi connectivity index (χ1v) is 13.5. The average Bonchev–Trinajstić information content (AvgIpc) is 3.56. The molecule has 176 valence electrons. The van der Waals surface area contributed by atoms with Gasteiger partial charge in [0, 0.05) is 30.8 Å². The molecule has 6 atom stereocenters. The van der Waals surface area contributed by atoms with E-state index in [1.54, 1.807) is 0 Å². The highest BCUT2D eigenvalue weighted by Gasteiger charge is 2.42. The molecule has 0 saturated carbocycles. The minimum atomic E-state index is -0.135. The number of hydroxylamine groups is 1. The minimum absolute atomic E-state index is 0.0555. The van der Waals surface area contributed by atoms with Gasteiger partial charge in [-0.1, -0.05) is 0 Å². The summed E-state index contributed by atoms with van der Waals surface area (Å²) in [6.07, 6.45) is 10.0. The van der Waals surface area contributed by atoms with Crippen molar-refractivity contribution in [3.63, 3.8) is 0 Å². The van der Waals surface area contributed by atoms with E-state index in [2.05, 4.69) is 37.7 Å². The van der Waals surface area contributed by atoms with E-state index in [0.29, 0.717) is 18.1 Å². The number of amides is 1. The summed E-state index contributed by atoms with van der Waals surface area (Å²) in [6, 6.07) is 0.490. The molecule has 9 heteroatoms. The summed E-state index contributed by atoms with van der Waals surface area (Å²) in [7, 11) is 0. The fraction of sp³-hybridized carbons (Fsp3) is 0.955. The molecule has 1 amide bonds. The van der Waals surface area contributed by atoms with Crippen molar-refractivity contribution in [3.05, 3.63) is 0 Å². The normalized spacial score (nSPS) is 41.2. The van der Waals surface area contributed by atoms with E-state index in [1.165, 1.54) is 44.5 Å². The molecule has 0 aromatic heterocycles. The van der Waals surface area contributed by atoms with E-state index in [9.17, 15) is 4.79 Å². The molecular formula is C22H40N6O2S. The lowest BCUT2D eigenvalue weighted by atomic mass is 9.90. The van der Waals surface area contributed by atoms with Gasteiger partial charge in [-0.15, -0.1) is 0 Å². The Morgan fingerprint density at radius 1 is 1.10 bits per heavy atom. The second-order valence-electron chi connectivity index (χ2n) is 10.1. The van der Waals surface area contributed by atoms with Crippen LogP contribution < -0.4 is 21.8 Å². The molecule has 5 N–H and O–H groups in total. The number of hydrogen-bond acceptors (Lipinski definition) is 8. The van der Waals surface area contributed by atoms with Gasteiger partial charge >= 0.3 is 0 Å². The highest BCUT2D eigenvalue weighted by molar-refractivity contribution is 8.00. The van der Waals surface area contributed by atoms with Crippen LogP contribution in [0.2, 0.25) is 0 Å². The van der Waals surface area contributed by atoms with Crippen molar-refractivity contribution in [2.24, 2.45) is 17.6 Å². The fourth-order valence-corrected chi connectivity index (χ4v) is 7.58. The van der Waals surface area contributed by atoms with Crippen molar-refractivity contribution in [2.75, 3.05) is 38.5 Å². The third-order valence-corrected chi connectivity index (χ3v) is 9.54. The second-order valence-corrected chi connectivity index (χ2v) is 11.5. The van der Waals surface area contributed by atoms with Crippen LogP contribution >= 0.6 is 11.8 Å². The van der Waals surface area contributed by atoms with Crippen LogP contribution in [0, 0.1) is 11.8 Å². The van der Waals surface area contributed by atoms with Gasteiger partial charge in [-0.2, -0.15) is 17.2 Å². The molecular weight excluding hydrogens is 412 g/mol. The third-order valence-electron chi connectivity index (χ3n) is 8.16. The van der Waals surface area contributed by atoms with Crippen molar-refractivity contribution in [2.45, 2.75) is 81.2 Å². The van der Waals surface area contributed by atoms with Gasteiger partial charge in [0.1, 0.15) is 6.23 Å². The zero-order valence-electron chi connectivity index (χ0n) is 18.6. The molecule has 0 spiro atoms. The Labute approximate surface area is 190 Å². The molecule has 0 radical (unpaired) electrons. The zero-order chi connectivity index (χ0) is 21.2. The molecule has 5 heterocycles. The van der Waals surface area contributed by atoms with Crippen molar-refractivity contribution >= 4 is 17.7 Å². The number of hydrogen-bond donors (Lipinski definition) is 4. The average molecular weight is 453 g/mol. The van der Waals surface area contributed by atoms with Crippen molar-refractivity contribution < 1.29 is 9.63 Å². The number of thioether (sulfide) groups is 1. The van der Waals surface area contributed by atoms with Gasteiger partial charge in [-0.05, 0) is 76.1 Å². The first-order chi connectivity index (χ1) is 15.2. The van der Waals surface area contributed by atoms with Crippen LogP contribution in [0.1, 0.15) is 51.4 Å². The Morgan fingerprint density at radius 3 is 2.74 bits per heavy atom. The lowest BCUT2D eigenvalue weighted by molar-refractivity contribution is -0.123. The summed E-state index contributed by atoms with van der Waals surface area (Å²) >= 11 is 2.16. The Kier molecular flexibility index (Phi) is 7.39. The molecule has 0 aromatic carbocycles. The summed E-state index contributed by atoms with van der Waals surface area (Å²) in [6.45, 7) is 5.38. The first-order valence-electron chi connectivity index (χ1n) is 12.5. The molecule has 5 fully saturated rings. The van der Waals surface area contributed by atoms with Gasteiger partial charge in [0.25, 0.3) is 0 Å². The van der Waals surface area contributed by atoms with E-state index in [-0.39, 0.29) is 24.2 Å². The summed E-state index contributed by atoms with van der Waals surface area (Å²) in [5.74, 6) is 1.80. The van der Waals surface area contributed by atoms with Gasteiger partial charge in [0.2, 0.25) is 5.91 Å². The van der Waals surface area contributed by atoms with Crippen LogP contribution in [0.25, 0.3) is 0 Å².